The number of hydrogen-bond donors (Lipinski definition) is 2. The normalized spacial score (nSPS) is 13.3. The maximum absolute atomic E-state index is 12.9. The molecule has 0 fully saturated rings. The van der Waals surface area contributed by atoms with Gasteiger partial charge in [0.15, 0.2) is 0 Å². The number of nitrogens with zero attached hydrogens (tertiary/aromatic N) is 2. The Hall–Kier alpha value is -2.79. The molecule has 0 aliphatic rings. The van der Waals surface area contributed by atoms with E-state index in [1.165, 1.54) is 11.3 Å². The summed E-state index contributed by atoms with van der Waals surface area (Å²) in [5.74, 6) is -1.36. The van der Waals surface area contributed by atoms with Gasteiger partial charge in [-0.25, -0.2) is 0 Å². The van der Waals surface area contributed by atoms with Crippen LogP contribution in [0.2, 0.25) is 0 Å². The first-order valence-electron chi connectivity index (χ1n) is 9.97. The second kappa shape index (κ2) is 10.4. The molecule has 33 heavy (non-hydrogen) atoms. The molecule has 0 aliphatic carbocycles. The minimum Gasteiger partial charge on any atom is -0.340 e. The molecule has 0 unspecified atom stereocenters. The molecule has 0 saturated heterocycles. The Kier molecular flexibility index (Phi) is 7.85. The van der Waals surface area contributed by atoms with E-state index >= 15 is 0 Å². The van der Waals surface area contributed by atoms with Crippen molar-refractivity contribution in [1.82, 2.24) is 15.5 Å². The van der Waals surface area contributed by atoms with Crippen LogP contribution in [0, 0.1) is 5.92 Å². The zero-order chi connectivity index (χ0) is 24.2. The van der Waals surface area contributed by atoms with Crippen molar-refractivity contribution in [2.75, 3.05) is 5.32 Å². The smallest absolute Gasteiger partial charge is 0.340 e. The Bertz CT molecular complexity index is 1120. The van der Waals surface area contributed by atoms with Crippen LogP contribution < -0.4 is 10.6 Å². The number of hydrogen-bond acceptors (Lipinski definition) is 5. The van der Waals surface area contributed by atoms with E-state index in [4.69, 9.17) is 0 Å². The summed E-state index contributed by atoms with van der Waals surface area (Å²) in [6.07, 6.45) is -3.91. The number of carbonyl (C=O) groups is 2. The van der Waals surface area contributed by atoms with Crippen LogP contribution in [-0.2, 0) is 11.0 Å². The molecule has 1 aromatic heterocycles. The van der Waals surface area contributed by atoms with E-state index in [1.807, 2.05) is 31.2 Å². The summed E-state index contributed by atoms with van der Waals surface area (Å²) in [4.78, 5) is 25.5. The summed E-state index contributed by atoms with van der Waals surface area (Å²) < 4.78 is 39.2. The van der Waals surface area contributed by atoms with Crippen LogP contribution in [0.25, 0.3) is 10.6 Å². The van der Waals surface area contributed by atoms with Gasteiger partial charge in [0.25, 0.3) is 5.91 Å². The van der Waals surface area contributed by atoms with Crippen LogP contribution in [-0.4, -0.2) is 28.1 Å². The predicted molar refractivity (Wildman–Crippen MR) is 124 cm³/mol. The van der Waals surface area contributed by atoms with Gasteiger partial charge in [-0.15, -0.1) is 10.2 Å². The largest absolute Gasteiger partial charge is 0.416 e. The van der Waals surface area contributed by atoms with E-state index in [-0.39, 0.29) is 16.6 Å². The van der Waals surface area contributed by atoms with Crippen LogP contribution in [0.15, 0.2) is 53.0 Å². The van der Waals surface area contributed by atoms with Gasteiger partial charge in [-0.2, -0.15) is 13.2 Å². The summed E-state index contributed by atoms with van der Waals surface area (Å²) in [6, 6.07) is 10.4. The lowest BCUT2D eigenvalue weighted by Crippen LogP contribution is -2.47. The highest BCUT2D eigenvalue weighted by Crippen LogP contribution is 2.29. The Morgan fingerprint density at radius 3 is 2.27 bits per heavy atom. The maximum Gasteiger partial charge on any atom is 0.416 e. The summed E-state index contributed by atoms with van der Waals surface area (Å²) in [5, 5.41) is 14.3. The Morgan fingerprint density at radius 1 is 1.06 bits per heavy atom. The summed E-state index contributed by atoms with van der Waals surface area (Å²) in [5.41, 5.74) is 0.0101. The number of halogens is 4. The molecule has 1 heterocycles. The molecule has 0 radical (unpaired) electrons. The summed E-state index contributed by atoms with van der Waals surface area (Å²) in [7, 11) is 0. The number of alkyl halides is 3. The Labute approximate surface area is 200 Å². The molecule has 11 heteroatoms. The number of anilines is 1. The van der Waals surface area contributed by atoms with Crippen molar-refractivity contribution in [3.8, 4) is 10.6 Å². The molecule has 2 N–H and O–H groups in total. The molecule has 2 aromatic carbocycles. The van der Waals surface area contributed by atoms with E-state index in [9.17, 15) is 22.8 Å². The van der Waals surface area contributed by atoms with Gasteiger partial charge in [-0.05, 0) is 42.3 Å². The summed E-state index contributed by atoms with van der Waals surface area (Å²) in [6.45, 7) is 3.66. The number of benzene rings is 2. The zero-order valence-corrected chi connectivity index (χ0v) is 20.0. The molecule has 2 amide bonds. The fraction of sp³-hybridized carbons (Fsp3) is 0.273. The monoisotopic (exact) mass is 540 g/mol. The average molecular weight is 541 g/mol. The fourth-order valence-electron chi connectivity index (χ4n) is 2.90. The quantitative estimate of drug-likeness (QED) is 0.398. The van der Waals surface area contributed by atoms with Gasteiger partial charge in [-0.3, -0.25) is 14.9 Å². The lowest BCUT2D eigenvalue weighted by atomic mass is 9.98. The molecule has 2 atom stereocenters. The topological polar surface area (TPSA) is 84.0 Å². The maximum atomic E-state index is 12.9. The van der Waals surface area contributed by atoms with Crippen molar-refractivity contribution in [3.63, 3.8) is 0 Å². The number of carbonyl (C=O) groups excluding carboxylic acids is 2. The first kappa shape index (κ1) is 24.8. The number of aromatic nitrogens is 2. The minimum atomic E-state index is -4.50. The SMILES string of the molecule is CC[C@@H](C)[C@@H](NC(=O)c1ccc(C(F)(F)F)cc1)C(=O)Nc1nnc(-c2ccc(Br)cc2)s1. The highest BCUT2D eigenvalue weighted by atomic mass is 79.9. The van der Waals surface area contributed by atoms with Crippen molar-refractivity contribution >= 4 is 44.2 Å². The molecule has 0 spiro atoms. The van der Waals surface area contributed by atoms with Gasteiger partial charge in [0.2, 0.25) is 11.0 Å². The Balaban J connectivity index is 1.71. The van der Waals surface area contributed by atoms with Gasteiger partial charge in [0, 0.05) is 15.6 Å². The third-order valence-electron chi connectivity index (χ3n) is 5.00. The van der Waals surface area contributed by atoms with Crippen LogP contribution in [0.1, 0.15) is 36.2 Å². The molecule has 6 nitrogen and oxygen atoms in total. The van der Waals surface area contributed by atoms with Crippen molar-refractivity contribution in [2.45, 2.75) is 32.5 Å². The molecule has 174 valence electrons. The average Bonchev–Trinajstić information content (AvgIpc) is 3.25. The van der Waals surface area contributed by atoms with Crippen LogP contribution in [0.5, 0.6) is 0 Å². The van der Waals surface area contributed by atoms with Crippen LogP contribution in [0.3, 0.4) is 0 Å². The minimum absolute atomic E-state index is 0.0255. The van der Waals surface area contributed by atoms with Gasteiger partial charge in [0.05, 0.1) is 5.56 Å². The lowest BCUT2D eigenvalue weighted by molar-refractivity contribution is -0.137. The van der Waals surface area contributed by atoms with Crippen molar-refractivity contribution < 1.29 is 22.8 Å². The molecule has 3 rings (SSSR count). The van der Waals surface area contributed by atoms with Crippen LogP contribution in [0.4, 0.5) is 18.3 Å². The van der Waals surface area contributed by atoms with Gasteiger partial charge < -0.3 is 5.32 Å². The molecule has 0 bridgehead atoms. The van der Waals surface area contributed by atoms with Gasteiger partial charge in [0.1, 0.15) is 11.0 Å². The molecular weight excluding hydrogens is 521 g/mol. The second-order valence-electron chi connectivity index (χ2n) is 7.32. The van der Waals surface area contributed by atoms with E-state index in [0.717, 1.165) is 34.3 Å². The van der Waals surface area contributed by atoms with Crippen molar-refractivity contribution in [3.05, 3.63) is 64.1 Å². The second-order valence-corrected chi connectivity index (χ2v) is 9.21. The third kappa shape index (κ3) is 6.38. The highest BCUT2D eigenvalue weighted by molar-refractivity contribution is 9.10. The summed E-state index contributed by atoms with van der Waals surface area (Å²) >= 11 is 4.55. The highest BCUT2D eigenvalue weighted by Gasteiger charge is 2.31. The zero-order valence-electron chi connectivity index (χ0n) is 17.6. The fourth-order valence-corrected chi connectivity index (χ4v) is 3.92. The Morgan fingerprint density at radius 2 is 1.70 bits per heavy atom. The molecule has 0 aliphatic heterocycles. The number of rotatable bonds is 7. The van der Waals surface area contributed by atoms with E-state index in [2.05, 4.69) is 36.8 Å². The molecule has 3 aromatic rings. The standard InChI is InChI=1S/C22H20BrF3N4O2S/c1-3-12(2)17(27-18(31)13-4-8-15(9-5-13)22(24,25)26)19(32)28-21-30-29-20(33-21)14-6-10-16(23)11-7-14/h4-12,17H,3H2,1-2H3,(H,27,31)(H,28,30,32)/t12-,17-/m1/s1. The van der Waals surface area contributed by atoms with E-state index in [1.54, 1.807) is 6.92 Å². The lowest BCUT2D eigenvalue weighted by Gasteiger charge is -2.23. The number of nitrogens with one attached hydrogen (secondary N) is 2. The third-order valence-corrected chi connectivity index (χ3v) is 6.42. The molecular formula is C22H20BrF3N4O2S. The number of amides is 2. The van der Waals surface area contributed by atoms with Gasteiger partial charge >= 0.3 is 6.18 Å². The van der Waals surface area contributed by atoms with Crippen LogP contribution >= 0.6 is 27.3 Å². The van der Waals surface area contributed by atoms with Gasteiger partial charge in [-0.1, -0.05) is 59.7 Å². The predicted octanol–water partition coefficient (Wildman–Crippen LogP) is 5.77. The molecule has 0 saturated carbocycles. The first-order valence-corrected chi connectivity index (χ1v) is 11.6. The van der Waals surface area contributed by atoms with Crippen molar-refractivity contribution in [2.24, 2.45) is 5.92 Å². The van der Waals surface area contributed by atoms with E-state index < -0.39 is 29.6 Å². The van der Waals surface area contributed by atoms with E-state index in [0.29, 0.717) is 11.4 Å². The first-order chi connectivity index (χ1) is 15.6. The van der Waals surface area contributed by atoms with Crippen molar-refractivity contribution in [1.29, 1.82) is 0 Å².